The van der Waals surface area contributed by atoms with E-state index in [4.69, 9.17) is 12.2 Å². The first-order valence-electron chi connectivity index (χ1n) is 6.04. The van der Waals surface area contributed by atoms with Gasteiger partial charge in [0.15, 0.2) is 5.11 Å². The lowest BCUT2D eigenvalue weighted by Crippen LogP contribution is -2.26. The van der Waals surface area contributed by atoms with Crippen LogP contribution in [0, 0.1) is 0 Å². The topological polar surface area (TPSA) is 27.6 Å². The van der Waals surface area contributed by atoms with Gasteiger partial charge in [0.1, 0.15) is 0 Å². The van der Waals surface area contributed by atoms with E-state index in [0.717, 1.165) is 15.7 Å². The van der Waals surface area contributed by atoms with Crippen molar-refractivity contribution in [1.29, 1.82) is 0 Å². The minimum atomic E-state index is 0.541. The first-order valence-corrected chi connectivity index (χ1v) is 7.24. The Hall–Kier alpha value is -1.72. The molecular weight excluding hydrogens is 334 g/mol. The second-order valence-corrected chi connectivity index (χ2v) is 5.42. The number of thiocarbonyl (C=S) groups is 1. The number of nitrogens with zero attached hydrogens (tertiary/aromatic N) is 2. The highest BCUT2D eigenvalue weighted by molar-refractivity contribution is 9.10. The van der Waals surface area contributed by atoms with E-state index in [0.29, 0.717) is 5.11 Å². The summed E-state index contributed by atoms with van der Waals surface area (Å²) in [6.07, 6.45) is 1.77. The molecule has 0 aromatic heterocycles. The first-order chi connectivity index (χ1) is 9.65. The van der Waals surface area contributed by atoms with Gasteiger partial charge in [0.2, 0.25) is 0 Å². The molecule has 0 atom stereocenters. The summed E-state index contributed by atoms with van der Waals surface area (Å²) >= 11 is 8.69. The number of hydrogen-bond acceptors (Lipinski definition) is 2. The van der Waals surface area contributed by atoms with Crippen LogP contribution in [0.5, 0.6) is 0 Å². The van der Waals surface area contributed by atoms with Crippen LogP contribution in [0.1, 0.15) is 5.56 Å². The van der Waals surface area contributed by atoms with Crippen LogP contribution in [-0.4, -0.2) is 23.4 Å². The van der Waals surface area contributed by atoms with Crippen LogP contribution in [-0.2, 0) is 0 Å². The fraction of sp³-hybridized carbons (Fsp3) is 0.0667. The summed E-state index contributed by atoms with van der Waals surface area (Å²) < 4.78 is 1.03. The van der Waals surface area contributed by atoms with Gasteiger partial charge in [-0.3, -0.25) is 0 Å². The monoisotopic (exact) mass is 347 g/mol. The van der Waals surface area contributed by atoms with Crippen molar-refractivity contribution in [3.63, 3.8) is 0 Å². The molecule has 0 fully saturated rings. The van der Waals surface area contributed by atoms with Crippen LogP contribution < -0.4 is 5.32 Å². The Balaban J connectivity index is 1.95. The van der Waals surface area contributed by atoms with Crippen molar-refractivity contribution in [2.45, 2.75) is 0 Å². The predicted octanol–water partition coefficient (Wildman–Crippen LogP) is 4.11. The molecule has 0 bridgehead atoms. The normalized spacial score (nSPS) is 10.5. The van der Waals surface area contributed by atoms with Gasteiger partial charge in [-0.1, -0.05) is 46.3 Å². The van der Waals surface area contributed by atoms with E-state index in [9.17, 15) is 0 Å². The van der Waals surface area contributed by atoms with E-state index >= 15 is 0 Å². The zero-order valence-corrected chi connectivity index (χ0v) is 13.4. The number of hydrogen-bond donors (Lipinski definition) is 1. The second-order valence-electron chi connectivity index (χ2n) is 4.12. The van der Waals surface area contributed by atoms with Crippen molar-refractivity contribution in [3.05, 3.63) is 64.6 Å². The molecule has 2 rings (SSSR count). The third kappa shape index (κ3) is 4.43. The first kappa shape index (κ1) is 14.7. The molecule has 0 radical (unpaired) electrons. The lowest BCUT2D eigenvalue weighted by molar-refractivity contribution is 0.557. The Morgan fingerprint density at radius 1 is 1.15 bits per heavy atom. The lowest BCUT2D eigenvalue weighted by atomic mass is 10.2. The summed E-state index contributed by atoms with van der Waals surface area (Å²) in [6.45, 7) is 0. The zero-order chi connectivity index (χ0) is 14.4. The smallest absolute Gasteiger partial charge is 0.193 e. The van der Waals surface area contributed by atoms with Gasteiger partial charge < -0.3 is 5.32 Å². The van der Waals surface area contributed by atoms with Crippen LogP contribution in [0.25, 0.3) is 0 Å². The van der Waals surface area contributed by atoms with E-state index in [-0.39, 0.29) is 0 Å². The van der Waals surface area contributed by atoms with Crippen LogP contribution in [0.4, 0.5) is 5.69 Å². The molecule has 5 heteroatoms. The highest BCUT2D eigenvalue weighted by Crippen LogP contribution is 2.14. The molecule has 3 nitrogen and oxygen atoms in total. The van der Waals surface area contributed by atoms with Gasteiger partial charge in [-0.25, -0.2) is 5.01 Å². The molecule has 102 valence electrons. The van der Waals surface area contributed by atoms with Crippen LogP contribution in [0.15, 0.2) is 64.2 Å². The Labute approximate surface area is 132 Å². The van der Waals surface area contributed by atoms with Gasteiger partial charge in [0, 0.05) is 17.2 Å². The minimum absolute atomic E-state index is 0.541. The molecule has 0 aliphatic heterocycles. The van der Waals surface area contributed by atoms with Crippen molar-refractivity contribution in [2.24, 2.45) is 5.10 Å². The van der Waals surface area contributed by atoms with Crippen LogP contribution in [0.3, 0.4) is 0 Å². The molecular formula is C15H14BrN3S. The summed E-state index contributed by atoms with van der Waals surface area (Å²) in [7, 11) is 1.81. The zero-order valence-electron chi connectivity index (χ0n) is 11.0. The molecule has 2 aromatic carbocycles. The Kier molecular flexibility index (Phi) is 5.26. The quantitative estimate of drug-likeness (QED) is 0.514. The van der Waals surface area contributed by atoms with Crippen molar-refractivity contribution in [2.75, 3.05) is 12.4 Å². The molecule has 0 aliphatic carbocycles. The molecule has 0 saturated heterocycles. The average molecular weight is 348 g/mol. The van der Waals surface area contributed by atoms with E-state index in [1.54, 1.807) is 11.2 Å². The lowest BCUT2D eigenvalue weighted by Gasteiger charge is -2.15. The Morgan fingerprint density at radius 2 is 1.80 bits per heavy atom. The molecule has 0 aliphatic rings. The maximum absolute atomic E-state index is 5.30. The maximum Gasteiger partial charge on any atom is 0.193 e. The number of hydrazone groups is 1. The molecule has 20 heavy (non-hydrogen) atoms. The third-order valence-corrected chi connectivity index (χ3v) is 3.46. The molecule has 0 amide bonds. The van der Waals surface area contributed by atoms with Gasteiger partial charge in [-0.2, -0.15) is 5.10 Å². The van der Waals surface area contributed by atoms with Gasteiger partial charge in [-0.05, 0) is 42.0 Å². The summed E-state index contributed by atoms with van der Waals surface area (Å²) in [5.41, 5.74) is 1.96. The fourth-order valence-electron chi connectivity index (χ4n) is 1.48. The molecule has 2 aromatic rings. The number of halogens is 1. The third-order valence-electron chi connectivity index (χ3n) is 2.57. The largest absolute Gasteiger partial charge is 0.331 e. The molecule has 1 N–H and O–H groups in total. The van der Waals surface area contributed by atoms with Crippen molar-refractivity contribution >= 4 is 45.2 Å². The van der Waals surface area contributed by atoms with Gasteiger partial charge in [0.05, 0.1) is 6.21 Å². The van der Waals surface area contributed by atoms with E-state index in [1.807, 2.05) is 61.6 Å². The van der Waals surface area contributed by atoms with Crippen LogP contribution in [0.2, 0.25) is 0 Å². The summed E-state index contributed by atoms with van der Waals surface area (Å²) in [5.74, 6) is 0. The molecule has 0 heterocycles. The molecule has 0 saturated carbocycles. The van der Waals surface area contributed by atoms with E-state index in [1.165, 1.54) is 0 Å². The molecule has 0 spiro atoms. The SMILES string of the molecule is CN(/N=C/c1ccccc1)C(=S)Nc1ccc(Br)cc1. The predicted molar refractivity (Wildman–Crippen MR) is 92.2 cm³/mol. The number of anilines is 1. The van der Waals surface area contributed by atoms with Crippen molar-refractivity contribution < 1.29 is 0 Å². The Morgan fingerprint density at radius 3 is 2.45 bits per heavy atom. The minimum Gasteiger partial charge on any atom is -0.331 e. The van der Waals surface area contributed by atoms with E-state index < -0.39 is 0 Å². The van der Waals surface area contributed by atoms with Crippen LogP contribution >= 0.6 is 28.1 Å². The Bertz CT molecular complexity index is 596. The average Bonchev–Trinajstić information content (AvgIpc) is 2.48. The molecule has 0 unspecified atom stereocenters. The second kappa shape index (κ2) is 7.17. The van der Waals surface area contributed by atoms with Crippen molar-refractivity contribution in [1.82, 2.24) is 5.01 Å². The summed E-state index contributed by atoms with van der Waals surface area (Å²) in [5, 5.41) is 9.60. The number of nitrogens with one attached hydrogen (secondary N) is 1. The summed E-state index contributed by atoms with van der Waals surface area (Å²) in [6, 6.07) is 17.7. The number of benzene rings is 2. The standard InChI is InChI=1S/C15H14BrN3S/c1-19(17-11-12-5-3-2-4-6-12)15(20)18-14-9-7-13(16)8-10-14/h2-11H,1H3,(H,18,20)/b17-11+. The van der Waals surface area contributed by atoms with Gasteiger partial charge in [-0.15, -0.1) is 0 Å². The summed E-state index contributed by atoms with van der Waals surface area (Å²) in [4.78, 5) is 0. The highest BCUT2D eigenvalue weighted by atomic mass is 79.9. The number of rotatable bonds is 3. The van der Waals surface area contributed by atoms with Crippen molar-refractivity contribution in [3.8, 4) is 0 Å². The van der Waals surface area contributed by atoms with Gasteiger partial charge in [0.25, 0.3) is 0 Å². The van der Waals surface area contributed by atoms with E-state index in [2.05, 4.69) is 26.3 Å². The fourth-order valence-corrected chi connectivity index (χ4v) is 1.91. The highest BCUT2D eigenvalue weighted by Gasteiger charge is 2.02. The van der Waals surface area contributed by atoms with Gasteiger partial charge >= 0.3 is 0 Å². The maximum atomic E-state index is 5.30.